The monoisotopic (exact) mass is 421 g/mol. The molecule has 6 heteroatoms. The van der Waals surface area contributed by atoms with Gasteiger partial charge in [-0.05, 0) is 54.8 Å². The van der Waals surface area contributed by atoms with Crippen molar-refractivity contribution < 1.29 is 23.8 Å². The molecule has 31 heavy (non-hydrogen) atoms. The van der Waals surface area contributed by atoms with Gasteiger partial charge in [0, 0.05) is 6.54 Å². The molecule has 0 heterocycles. The number of rotatable bonds is 8. The predicted molar refractivity (Wildman–Crippen MR) is 115 cm³/mol. The molecule has 3 rings (SSSR count). The van der Waals surface area contributed by atoms with Crippen molar-refractivity contribution in [2.24, 2.45) is 0 Å². The molecule has 1 atom stereocenters. The van der Waals surface area contributed by atoms with Gasteiger partial charge in [0.05, 0.1) is 6.04 Å². The lowest BCUT2D eigenvalue weighted by Gasteiger charge is -2.30. The van der Waals surface area contributed by atoms with Crippen LogP contribution in [0.2, 0.25) is 0 Å². The average Bonchev–Trinajstić information content (AvgIpc) is 2.77. The number of carboxylic acid groups (broad SMARTS) is 1. The van der Waals surface area contributed by atoms with Crippen molar-refractivity contribution in [1.29, 1.82) is 0 Å². The standard InChI is InChI=1S/C25H24FNO4/c1-17-8-13-22(25(29)30)23(14-17)31-16-24(28)27(15-19-9-11-21(26)12-10-19)18(2)20-6-4-3-5-7-20/h3-14,18H,15-16H2,1-2H3,(H,29,30)/t18-/m1/s1. The van der Waals surface area contributed by atoms with E-state index in [1.807, 2.05) is 44.2 Å². The van der Waals surface area contributed by atoms with Crippen LogP contribution in [-0.4, -0.2) is 28.5 Å². The first-order chi connectivity index (χ1) is 14.8. The number of amides is 1. The maximum absolute atomic E-state index is 13.3. The van der Waals surface area contributed by atoms with Crippen LogP contribution in [0.3, 0.4) is 0 Å². The lowest BCUT2D eigenvalue weighted by atomic mass is 10.1. The molecule has 5 nitrogen and oxygen atoms in total. The Bertz CT molecular complexity index is 1050. The molecular weight excluding hydrogens is 397 g/mol. The second kappa shape index (κ2) is 9.89. The Morgan fingerprint density at radius 2 is 1.71 bits per heavy atom. The van der Waals surface area contributed by atoms with E-state index < -0.39 is 5.97 Å². The molecule has 0 fully saturated rings. The summed E-state index contributed by atoms with van der Waals surface area (Å²) >= 11 is 0. The highest BCUT2D eigenvalue weighted by Gasteiger charge is 2.23. The normalized spacial score (nSPS) is 11.6. The molecule has 0 radical (unpaired) electrons. The summed E-state index contributed by atoms with van der Waals surface area (Å²) in [5, 5.41) is 9.38. The van der Waals surface area contributed by atoms with E-state index in [0.717, 1.165) is 16.7 Å². The number of hydrogen-bond donors (Lipinski definition) is 1. The van der Waals surface area contributed by atoms with Crippen LogP contribution in [0, 0.1) is 12.7 Å². The van der Waals surface area contributed by atoms with E-state index in [-0.39, 0.29) is 42.2 Å². The third-order valence-corrected chi connectivity index (χ3v) is 5.05. The van der Waals surface area contributed by atoms with Gasteiger partial charge in [-0.1, -0.05) is 48.5 Å². The molecule has 160 valence electrons. The fourth-order valence-electron chi connectivity index (χ4n) is 3.29. The van der Waals surface area contributed by atoms with Gasteiger partial charge in [-0.25, -0.2) is 9.18 Å². The number of carbonyl (C=O) groups excluding carboxylic acids is 1. The van der Waals surface area contributed by atoms with Crippen LogP contribution in [0.15, 0.2) is 72.8 Å². The van der Waals surface area contributed by atoms with E-state index in [0.29, 0.717) is 0 Å². The zero-order valence-electron chi connectivity index (χ0n) is 17.4. The van der Waals surface area contributed by atoms with Crippen molar-refractivity contribution in [3.8, 4) is 5.75 Å². The average molecular weight is 421 g/mol. The van der Waals surface area contributed by atoms with E-state index in [1.54, 1.807) is 29.2 Å². The van der Waals surface area contributed by atoms with Crippen LogP contribution in [0.1, 0.15) is 40.0 Å². The third-order valence-electron chi connectivity index (χ3n) is 5.05. The Hall–Kier alpha value is -3.67. The molecule has 1 N–H and O–H groups in total. The van der Waals surface area contributed by atoms with Crippen LogP contribution >= 0.6 is 0 Å². The second-order valence-electron chi connectivity index (χ2n) is 7.33. The number of carbonyl (C=O) groups is 2. The maximum Gasteiger partial charge on any atom is 0.339 e. The van der Waals surface area contributed by atoms with Crippen molar-refractivity contribution in [2.75, 3.05) is 6.61 Å². The maximum atomic E-state index is 13.3. The van der Waals surface area contributed by atoms with Crippen molar-refractivity contribution >= 4 is 11.9 Å². The minimum absolute atomic E-state index is 0.000377. The molecule has 0 aliphatic carbocycles. The van der Waals surface area contributed by atoms with E-state index >= 15 is 0 Å². The smallest absolute Gasteiger partial charge is 0.339 e. The highest BCUT2D eigenvalue weighted by Crippen LogP contribution is 2.24. The van der Waals surface area contributed by atoms with Crippen molar-refractivity contribution in [3.63, 3.8) is 0 Å². The minimum Gasteiger partial charge on any atom is -0.483 e. The third kappa shape index (κ3) is 5.69. The molecule has 0 aliphatic heterocycles. The summed E-state index contributed by atoms with van der Waals surface area (Å²) in [5.74, 6) is -1.63. The molecule has 0 aliphatic rings. The van der Waals surface area contributed by atoms with Crippen LogP contribution < -0.4 is 4.74 Å². The molecule has 3 aromatic carbocycles. The molecular formula is C25H24FNO4. The Kier molecular flexibility index (Phi) is 7.03. The second-order valence-corrected chi connectivity index (χ2v) is 7.33. The number of halogens is 1. The van der Waals surface area contributed by atoms with E-state index in [4.69, 9.17) is 4.74 Å². The zero-order chi connectivity index (χ0) is 22.4. The van der Waals surface area contributed by atoms with Gasteiger partial charge in [0.1, 0.15) is 17.1 Å². The Balaban J connectivity index is 1.83. The SMILES string of the molecule is Cc1ccc(C(=O)O)c(OCC(=O)N(Cc2ccc(F)cc2)[C@H](C)c2ccccc2)c1. The largest absolute Gasteiger partial charge is 0.483 e. The number of hydrogen-bond acceptors (Lipinski definition) is 3. The molecule has 0 spiro atoms. The number of aromatic carboxylic acids is 1. The summed E-state index contributed by atoms with van der Waals surface area (Å²) in [6.07, 6.45) is 0. The van der Waals surface area contributed by atoms with Crippen LogP contribution in [0.4, 0.5) is 4.39 Å². The number of nitrogens with zero attached hydrogens (tertiary/aromatic N) is 1. The highest BCUT2D eigenvalue weighted by molar-refractivity contribution is 5.91. The zero-order valence-corrected chi connectivity index (χ0v) is 17.4. The number of ether oxygens (including phenoxy) is 1. The van der Waals surface area contributed by atoms with Gasteiger partial charge in [-0.3, -0.25) is 4.79 Å². The van der Waals surface area contributed by atoms with E-state index in [9.17, 15) is 19.1 Å². The fraction of sp³-hybridized carbons (Fsp3) is 0.200. The summed E-state index contributed by atoms with van der Waals surface area (Å²) in [6, 6.07) is 20.0. The van der Waals surface area contributed by atoms with Gasteiger partial charge in [0.25, 0.3) is 5.91 Å². The Labute approximate surface area is 180 Å². The van der Waals surface area contributed by atoms with Crippen LogP contribution in [-0.2, 0) is 11.3 Å². The molecule has 0 bridgehead atoms. The van der Waals surface area contributed by atoms with Crippen molar-refractivity contribution in [1.82, 2.24) is 4.90 Å². The molecule has 0 saturated carbocycles. The summed E-state index contributed by atoms with van der Waals surface area (Å²) in [6.45, 7) is 3.67. The van der Waals surface area contributed by atoms with E-state index in [2.05, 4.69) is 0 Å². The van der Waals surface area contributed by atoms with Crippen LogP contribution in [0.25, 0.3) is 0 Å². The molecule has 0 unspecified atom stereocenters. The van der Waals surface area contributed by atoms with Crippen LogP contribution in [0.5, 0.6) is 5.75 Å². The summed E-state index contributed by atoms with van der Waals surface area (Å²) in [7, 11) is 0. The van der Waals surface area contributed by atoms with Gasteiger partial charge in [0.15, 0.2) is 6.61 Å². The first-order valence-electron chi connectivity index (χ1n) is 9.90. The molecule has 0 saturated heterocycles. The first kappa shape index (κ1) is 22.0. The summed E-state index contributed by atoms with van der Waals surface area (Å²) < 4.78 is 18.9. The Morgan fingerprint density at radius 3 is 2.35 bits per heavy atom. The molecule has 1 amide bonds. The van der Waals surface area contributed by atoms with Gasteiger partial charge >= 0.3 is 5.97 Å². The lowest BCUT2D eigenvalue weighted by molar-refractivity contribution is -0.136. The fourth-order valence-corrected chi connectivity index (χ4v) is 3.29. The summed E-state index contributed by atoms with van der Waals surface area (Å²) in [5.41, 5.74) is 2.55. The highest BCUT2D eigenvalue weighted by atomic mass is 19.1. The quantitative estimate of drug-likeness (QED) is 0.556. The lowest BCUT2D eigenvalue weighted by Crippen LogP contribution is -2.36. The first-order valence-corrected chi connectivity index (χ1v) is 9.90. The molecule has 0 aromatic heterocycles. The number of carboxylic acids is 1. The Morgan fingerprint density at radius 1 is 1.03 bits per heavy atom. The summed E-state index contributed by atoms with van der Waals surface area (Å²) in [4.78, 5) is 26.3. The predicted octanol–water partition coefficient (Wildman–Crippen LogP) is 5.00. The van der Waals surface area contributed by atoms with Crippen molar-refractivity contribution in [3.05, 3.63) is 101 Å². The topological polar surface area (TPSA) is 66.8 Å². The van der Waals surface area contributed by atoms with Gasteiger partial charge in [0.2, 0.25) is 0 Å². The number of aryl methyl sites for hydroxylation is 1. The van der Waals surface area contributed by atoms with E-state index in [1.165, 1.54) is 18.2 Å². The van der Waals surface area contributed by atoms with Gasteiger partial charge < -0.3 is 14.7 Å². The number of benzene rings is 3. The molecule has 3 aromatic rings. The van der Waals surface area contributed by atoms with Crippen molar-refractivity contribution in [2.45, 2.75) is 26.4 Å². The van der Waals surface area contributed by atoms with Gasteiger partial charge in [-0.2, -0.15) is 0 Å². The van der Waals surface area contributed by atoms with Gasteiger partial charge in [-0.15, -0.1) is 0 Å². The minimum atomic E-state index is -1.12.